The van der Waals surface area contributed by atoms with E-state index in [4.69, 9.17) is 11.5 Å². The van der Waals surface area contributed by atoms with Crippen LogP contribution in [-0.4, -0.2) is 39.7 Å². The Balaban J connectivity index is 0.00000420. The number of aliphatic hydroxyl groups excluding tert-OH is 1. The highest BCUT2D eigenvalue weighted by molar-refractivity contribution is 7.21. The molecular weight excluding hydrogens is 535 g/mol. The molecule has 206 valence electrons. The van der Waals surface area contributed by atoms with Crippen LogP contribution in [0.4, 0.5) is 41.0 Å². The van der Waals surface area contributed by atoms with Gasteiger partial charge in [0.1, 0.15) is 9.71 Å². The molecule has 0 aliphatic heterocycles. The number of aromatic nitrogens is 2. The molecule has 4 rings (SSSR count). The zero-order valence-corrected chi connectivity index (χ0v) is 20.6. The van der Waals surface area contributed by atoms with E-state index < -0.39 is 23.7 Å². The third-order valence-electron chi connectivity index (χ3n) is 5.33. The van der Waals surface area contributed by atoms with Crippen LogP contribution >= 0.6 is 11.3 Å². The highest BCUT2D eigenvalue weighted by Crippen LogP contribution is 2.39. The number of carbonyl (C=O) groups excluding carboxylic acids is 2. The molecule has 4 aromatic rings. The summed E-state index contributed by atoms with van der Waals surface area (Å²) in [7, 11) is 0. The Hall–Kier alpha value is -4.43. The largest absolute Gasteiger partial charge is 0.416 e. The average Bonchev–Trinajstić information content (AvgIpc) is 3.20. The quantitative estimate of drug-likeness (QED) is 0.182. The number of hydrogen-bond donors (Lipinski definition) is 6. The number of benzene rings is 2. The number of thiophene rings is 1. The van der Waals surface area contributed by atoms with Gasteiger partial charge in [-0.3, -0.25) is 4.79 Å². The van der Waals surface area contributed by atoms with Crippen molar-refractivity contribution in [3.8, 4) is 11.3 Å². The number of alkyl halides is 3. The number of carbonyl (C=O) groups is 2. The van der Waals surface area contributed by atoms with Crippen molar-refractivity contribution in [2.45, 2.75) is 26.6 Å². The van der Waals surface area contributed by atoms with Gasteiger partial charge in [-0.25, -0.2) is 14.8 Å². The molecule has 2 aromatic heterocycles. The average molecular weight is 562 g/mol. The van der Waals surface area contributed by atoms with Gasteiger partial charge in [-0.1, -0.05) is 19.6 Å². The van der Waals surface area contributed by atoms with E-state index in [1.54, 1.807) is 31.2 Å². The number of halogens is 3. The van der Waals surface area contributed by atoms with Crippen LogP contribution in [0.3, 0.4) is 0 Å². The van der Waals surface area contributed by atoms with E-state index in [0.717, 1.165) is 35.6 Å². The van der Waals surface area contributed by atoms with Crippen LogP contribution in [0.15, 0.2) is 48.5 Å². The fraction of sp³-hybridized carbons (Fsp3) is 0.200. The molecule has 0 aliphatic carbocycles. The van der Waals surface area contributed by atoms with Crippen LogP contribution in [-0.2, 0) is 6.18 Å². The smallest absolute Gasteiger partial charge is 0.397 e. The van der Waals surface area contributed by atoms with Gasteiger partial charge in [-0.2, -0.15) is 13.2 Å². The zero-order chi connectivity index (χ0) is 27.6. The summed E-state index contributed by atoms with van der Waals surface area (Å²) in [6.45, 7) is 1.55. The third-order valence-corrected chi connectivity index (χ3v) is 6.44. The molecule has 1 atom stereocenters. The number of fused-ring (bicyclic) bond motifs is 1. The van der Waals surface area contributed by atoms with Gasteiger partial charge < -0.3 is 32.5 Å². The number of amides is 3. The first kappa shape index (κ1) is 29.1. The van der Waals surface area contributed by atoms with Crippen molar-refractivity contribution in [3.63, 3.8) is 0 Å². The summed E-state index contributed by atoms with van der Waals surface area (Å²) < 4.78 is 38.3. The van der Waals surface area contributed by atoms with E-state index in [0.29, 0.717) is 27.2 Å². The normalized spacial score (nSPS) is 11.9. The standard InChI is InChI=1S/C24H22F3N7O3S.CH4/c1-11(10-35)30-22-33-18(16-17(28)19(20(29)36)38-21(16)34-22)12-3-2-4-15(9-12)32-23(37)31-14-7-5-13(6-8-14)24(25,26)27;/h2-9,11,35H,10,28H2,1H3,(H2,29,36)(H,30,33,34)(H2,31,32,37);1H4/t11-;/m1./s1. The summed E-state index contributed by atoms with van der Waals surface area (Å²) >= 11 is 1.00. The van der Waals surface area contributed by atoms with Crippen LogP contribution in [0.25, 0.3) is 21.5 Å². The maximum absolute atomic E-state index is 12.8. The lowest BCUT2D eigenvalue weighted by Gasteiger charge is -2.13. The first-order valence-electron chi connectivity index (χ1n) is 11.1. The lowest BCUT2D eigenvalue weighted by molar-refractivity contribution is -0.137. The molecule has 0 saturated heterocycles. The van der Waals surface area contributed by atoms with Gasteiger partial charge >= 0.3 is 12.2 Å². The van der Waals surface area contributed by atoms with Crippen LogP contribution in [0.2, 0.25) is 0 Å². The molecule has 10 nitrogen and oxygen atoms in total. The number of nitrogens with two attached hydrogens (primary N) is 2. The van der Waals surface area contributed by atoms with Crippen molar-refractivity contribution in [1.29, 1.82) is 0 Å². The Morgan fingerprint density at radius 3 is 2.36 bits per heavy atom. The molecule has 0 unspecified atom stereocenters. The minimum absolute atomic E-state index is 0. The predicted molar refractivity (Wildman–Crippen MR) is 147 cm³/mol. The summed E-state index contributed by atoms with van der Waals surface area (Å²) in [4.78, 5) is 33.8. The topological polar surface area (TPSA) is 168 Å². The van der Waals surface area contributed by atoms with E-state index in [-0.39, 0.29) is 42.3 Å². The minimum atomic E-state index is -4.48. The van der Waals surface area contributed by atoms with Crippen LogP contribution in [0, 0.1) is 0 Å². The highest BCUT2D eigenvalue weighted by Gasteiger charge is 2.30. The Morgan fingerprint density at radius 2 is 1.74 bits per heavy atom. The Kier molecular flexibility index (Phi) is 8.61. The second kappa shape index (κ2) is 11.5. The van der Waals surface area contributed by atoms with Crippen molar-refractivity contribution in [2.24, 2.45) is 5.73 Å². The number of rotatable bonds is 7. The molecule has 39 heavy (non-hydrogen) atoms. The Labute approximate surface area is 225 Å². The first-order chi connectivity index (χ1) is 18.0. The van der Waals surface area contributed by atoms with Crippen molar-refractivity contribution < 1.29 is 27.9 Å². The number of hydrogen-bond acceptors (Lipinski definition) is 8. The van der Waals surface area contributed by atoms with Crippen molar-refractivity contribution >= 4 is 56.5 Å². The second-order valence-electron chi connectivity index (χ2n) is 8.25. The molecule has 2 aromatic carbocycles. The Morgan fingerprint density at radius 1 is 1.08 bits per heavy atom. The third kappa shape index (κ3) is 6.53. The van der Waals surface area contributed by atoms with Gasteiger partial charge in [0.05, 0.1) is 28.9 Å². The molecular formula is C25H26F3N7O3S. The fourth-order valence-electron chi connectivity index (χ4n) is 3.52. The summed E-state index contributed by atoms with van der Waals surface area (Å²) in [6, 6.07) is 9.55. The molecule has 0 radical (unpaired) electrons. The molecule has 0 aliphatic rings. The SMILES string of the molecule is C.C[C@H](CO)Nc1nc(-c2cccc(NC(=O)Nc3ccc(C(F)(F)F)cc3)c2)c2c(N)c(C(N)=O)sc2n1. The highest BCUT2D eigenvalue weighted by atomic mass is 32.1. The van der Waals surface area contributed by atoms with Crippen molar-refractivity contribution in [2.75, 3.05) is 28.3 Å². The lowest BCUT2D eigenvalue weighted by atomic mass is 10.1. The summed E-state index contributed by atoms with van der Waals surface area (Å²) in [5, 5.41) is 17.9. The second-order valence-corrected chi connectivity index (χ2v) is 9.25. The van der Waals surface area contributed by atoms with E-state index >= 15 is 0 Å². The molecule has 0 bridgehead atoms. The van der Waals surface area contributed by atoms with Crippen LogP contribution in [0.1, 0.15) is 29.6 Å². The van der Waals surface area contributed by atoms with Gasteiger partial charge in [0, 0.05) is 23.0 Å². The monoisotopic (exact) mass is 561 g/mol. The summed E-state index contributed by atoms with van der Waals surface area (Å²) in [5.41, 5.74) is 12.4. The molecule has 2 heterocycles. The van der Waals surface area contributed by atoms with E-state index in [9.17, 15) is 27.9 Å². The van der Waals surface area contributed by atoms with Crippen molar-refractivity contribution in [3.05, 3.63) is 59.0 Å². The molecule has 8 N–H and O–H groups in total. The molecule has 14 heteroatoms. The fourth-order valence-corrected chi connectivity index (χ4v) is 4.47. The predicted octanol–water partition coefficient (Wildman–Crippen LogP) is 5.13. The molecule has 0 saturated carbocycles. The summed E-state index contributed by atoms with van der Waals surface area (Å²) in [5.74, 6) is -0.533. The number of aliphatic hydroxyl groups is 1. The number of nitrogens with zero attached hydrogens (tertiary/aromatic N) is 2. The van der Waals surface area contributed by atoms with Gasteiger partial charge in [0.2, 0.25) is 5.95 Å². The van der Waals surface area contributed by atoms with E-state index in [2.05, 4.69) is 25.9 Å². The maximum atomic E-state index is 12.8. The Bertz CT molecular complexity index is 1510. The first-order valence-corrected chi connectivity index (χ1v) is 11.9. The van der Waals surface area contributed by atoms with Crippen LogP contribution in [0.5, 0.6) is 0 Å². The maximum Gasteiger partial charge on any atom is 0.416 e. The van der Waals surface area contributed by atoms with E-state index in [1.807, 2.05) is 0 Å². The number of nitrogens with one attached hydrogen (secondary N) is 3. The van der Waals surface area contributed by atoms with Gasteiger partial charge in [-0.15, -0.1) is 11.3 Å². The van der Waals surface area contributed by atoms with Crippen LogP contribution < -0.4 is 27.4 Å². The van der Waals surface area contributed by atoms with E-state index in [1.165, 1.54) is 0 Å². The zero-order valence-electron chi connectivity index (χ0n) is 19.8. The molecule has 0 spiro atoms. The minimum Gasteiger partial charge on any atom is -0.397 e. The number of nitrogen functional groups attached to an aromatic ring is 1. The number of primary amides is 1. The molecule has 0 fully saturated rings. The van der Waals surface area contributed by atoms with Crippen molar-refractivity contribution in [1.82, 2.24) is 9.97 Å². The van der Waals surface area contributed by atoms with Gasteiger partial charge in [0.25, 0.3) is 5.91 Å². The summed E-state index contributed by atoms with van der Waals surface area (Å²) in [6.07, 6.45) is -4.48. The van der Waals surface area contributed by atoms with Gasteiger partial charge in [0.15, 0.2) is 0 Å². The number of urea groups is 1. The van der Waals surface area contributed by atoms with Gasteiger partial charge in [-0.05, 0) is 43.3 Å². The number of anilines is 4. The molecule has 3 amide bonds. The lowest BCUT2D eigenvalue weighted by Crippen LogP contribution is -2.21.